The molecule has 1 atom stereocenters. The molecule has 0 heterocycles. The first-order valence-electron chi connectivity index (χ1n) is 4.19. The van der Waals surface area contributed by atoms with Crippen molar-refractivity contribution in [1.82, 2.24) is 0 Å². The molecule has 0 unspecified atom stereocenters. The van der Waals surface area contributed by atoms with Crippen molar-refractivity contribution in [1.29, 1.82) is 0 Å². The number of aliphatic imine (C=N–C) groups is 1. The van der Waals surface area contributed by atoms with E-state index in [1.54, 1.807) is 0 Å². The van der Waals surface area contributed by atoms with E-state index in [1.165, 1.54) is 0 Å². The van der Waals surface area contributed by atoms with Gasteiger partial charge in [0.15, 0.2) is 5.96 Å². The SMILES string of the molecule is NC(N)=NCCC[C@H](N)C(=O)[O-].O=C([O-])O.[Ca+2]. The summed E-state index contributed by atoms with van der Waals surface area (Å²) < 4.78 is 0. The van der Waals surface area contributed by atoms with Crippen molar-refractivity contribution in [3.05, 3.63) is 0 Å². The zero-order valence-electron chi connectivity index (χ0n) is 9.17. The van der Waals surface area contributed by atoms with Gasteiger partial charge in [-0.3, -0.25) is 4.99 Å². The summed E-state index contributed by atoms with van der Waals surface area (Å²) in [5, 5.41) is 25.4. The first kappa shape index (κ1) is 21.5. The molecule has 0 amide bonds. The standard InChI is InChI=1S/C6H14N4O2.CH2O3.Ca/c7-4(5(11)12)2-1-3-10-6(8)9;2-1(3)4;/h4H,1-3,7H2,(H,11,12)(H4,8,9,10);(H2,2,3,4);/q;;+2/p-2/t4-;;/m0../s1. The van der Waals surface area contributed by atoms with Gasteiger partial charge in [0.25, 0.3) is 0 Å². The monoisotopic (exact) mass is 274 g/mol. The average molecular weight is 274 g/mol. The summed E-state index contributed by atoms with van der Waals surface area (Å²) in [6, 6.07) is -0.931. The van der Waals surface area contributed by atoms with E-state index in [0.29, 0.717) is 19.4 Å². The number of carboxylic acid groups (broad SMARTS) is 3. The van der Waals surface area contributed by atoms with E-state index < -0.39 is 18.2 Å². The second kappa shape index (κ2) is 13.3. The van der Waals surface area contributed by atoms with Crippen LogP contribution in [0.15, 0.2) is 4.99 Å². The maximum atomic E-state index is 10.1. The Labute approximate surface area is 128 Å². The summed E-state index contributed by atoms with van der Waals surface area (Å²) in [4.78, 5) is 22.2. The molecule has 0 saturated heterocycles. The van der Waals surface area contributed by atoms with Crippen LogP contribution in [0.5, 0.6) is 0 Å². The molecule has 0 aliphatic carbocycles. The molecule has 94 valence electrons. The zero-order valence-corrected chi connectivity index (χ0v) is 11.4. The summed E-state index contributed by atoms with van der Waals surface area (Å²) in [7, 11) is 0. The number of nitrogens with two attached hydrogens (primary N) is 3. The second-order valence-electron chi connectivity index (χ2n) is 2.64. The van der Waals surface area contributed by atoms with E-state index >= 15 is 0 Å². The Morgan fingerprint density at radius 1 is 1.29 bits per heavy atom. The molecular formula is C7H14CaN4O5. The van der Waals surface area contributed by atoms with Gasteiger partial charge in [-0.1, -0.05) is 0 Å². The van der Waals surface area contributed by atoms with E-state index in [2.05, 4.69) is 4.99 Å². The molecular weight excluding hydrogens is 260 g/mol. The van der Waals surface area contributed by atoms with Crippen molar-refractivity contribution >= 4 is 55.8 Å². The Kier molecular flexibility index (Phi) is 16.8. The summed E-state index contributed by atoms with van der Waals surface area (Å²) in [6.45, 7) is 0.392. The molecule has 0 aliphatic heterocycles. The van der Waals surface area contributed by atoms with E-state index in [4.69, 9.17) is 32.2 Å². The van der Waals surface area contributed by atoms with Gasteiger partial charge < -0.3 is 42.1 Å². The number of aliphatic carboxylic acids is 1. The second-order valence-corrected chi connectivity index (χ2v) is 2.64. The molecule has 17 heavy (non-hydrogen) atoms. The number of guanidine groups is 1. The molecule has 0 rings (SSSR count). The maximum Gasteiger partial charge on any atom is 2.00 e. The van der Waals surface area contributed by atoms with Crippen LogP contribution in [0.4, 0.5) is 4.79 Å². The van der Waals surface area contributed by atoms with Crippen LogP contribution in [0.1, 0.15) is 12.8 Å². The van der Waals surface area contributed by atoms with Gasteiger partial charge in [0, 0.05) is 12.6 Å². The minimum atomic E-state index is -2.08. The molecule has 0 aromatic rings. The summed E-state index contributed by atoms with van der Waals surface area (Å²) >= 11 is 0. The number of carbonyl (C=O) groups is 2. The minimum absolute atomic E-state index is 0. The van der Waals surface area contributed by atoms with Crippen molar-refractivity contribution in [2.45, 2.75) is 18.9 Å². The summed E-state index contributed by atoms with van der Waals surface area (Å²) in [5.74, 6) is -1.25. The average Bonchev–Trinajstić information content (AvgIpc) is 2.10. The van der Waals surface area contributed by atoms with Gasteiger partial charge in [0.05, 0.1) is 5.97 Å². The molecule has 0 spiro atoms. The van der Waals surface area contributed by atoms with Crippen LogP contribution in [-0.4, -0.2) is 73.5 Å². The smallest absolute Gasteiger partial charge is 0.565 e. The Hall–Kier alpha value is -0.770. The molecule has 0 saturated carbocycles. The molecule has 0 aromatic heterocycles. The van der Waals surface area contributed by atoms with Gasteiger partial charge in [-0.2, -0.15) is 0 Å². The molecule has 10 heteroatoms. The van der Waals surface area contributed by atoms with Gasteiger partial charge in [-0.05, 0) is 12.8 Å². The number of hydrogen-bond acceptors (Lipinski definition) is 6. The van der Waals surface area contributed by atoms with Gasteiger partial charge >= 0.3 is 37.7 Å². The fraction of sp³-hybridized carbons (Fsp3) is 0.571. The van der Waals surface area contributed by atoms with Gasteiger partial charge in [-0.15, -0.1) is 0 Å². The Balaban J connectivity index is -0.000000340. The third kappa shape index (κ3) is 25.5. The summed E-state index contributed by atoms with van der Waals surface area (Å²) in [5.41, 5.74) is 15.2. The van der Waals surface area contributed by atoms with Crippen LogP contribution < -0.4 is 27.4 Å². The van der Waals surface area contributed by atoms with Crippen LogP contribution >= 0.6 is 0 Å². The number of hydrogen-bond donors (Lipinski definition) is 4. The molecule has 0 fully saturated rings. The van der Waals surface area contributed by atoms with Crippen LogP contribution in [0.25, 0.3) is 0 Å². The molecule has 0 radical (unpaired) electrons. The summed E-state index contributed by atoms with van der Waals surface area (Å²) in [6.07, 6.45) is -1.23. The Morgan fingerprint density at radius 3 is 2.00 bits per heavy atom. The molecule has 0 aliphatic rings. The third-order valence-corrected chi connectivity index (χ3v) is 1.27. The molecule has 9 nitrogen and oxygen atoms in total. The van der Waals surface area contributed by atoms with E-state index in [9.17, 15) is 9.90 Å². The van der Waals surface area contributed by atoms with Gasteiger partial charge in [0.2, 0.25) is 6.16 Å². The maximum absolute atomic E-state index is 10.1. The predicted octanol–water partition coefficient (Wildman–Crippen LogP) is -4.38. The topological polar surface area (TPSA) is 191 Å². The number of carboxylic acids is 1. The van der Waals surface area contributed by atoms with E-state index in [1.807, 2.05) is 0 Å². The first-order chi connectivity index (χ1) is 7.27. The zero-order chi connectivity index (χ0) is 13.1. The van der Waals surface area contributed by atoms with E-state index in [-0.39, 0.29) is 43.7 Å². The largest absolute Gasteiger partial charge is 2.00 e. The fourth-order valence-corrected chi connectivity index (χ4v) is 0.637. The van der Waals surface area contributed by atoms with Crippen molar-refractivity contribution in [2.75, 3.05) is 6.54 Å². The van der Waals surface area contributed by atoms with Crippen molar-refractivity contribution in [3.63, 3.8) is 0 Å². The van der Waals surface area contributed by atoms with E-state index in [0.717, 1.165) is 0 Å². The molecule has 0 bridgehead atoms. The molecule has 7 N–H and O–H groups in total. The van der Waals surface area contributed by atoms with Crippen LogP contribution in [0.2, 0.25) is 0 Å². The van der Waals surface area contributed by atoms with Crippen LogP contribution in [0, 0.1) is 0 Å². The van der Waals surface area contributed by atoms with Gasteiger partial charge in [0.1, 0.15) is 0 Å². The van der Waals surface area contributed by atoms with Crippen LogP contribution in [0.3, 0.4) is 0 Å². The first-order valence-corrected chi connectivity index (χ1v) is 4.19. The number of nitrogens with zero attached hydrogens (tertiary/aromatic N) is 1. The Bertz CT molecular complexity index is 253. The minimum Gasteiger partial charge on any atom is -0.565 e. The van der Waals surface area contributed by atoms with Crippen molar-refractivity contribution in [3.8, 4) is 0 Å². The Morgan fingerprint density at radius 2 is 1.71 bits per heavy atom. The van der Waals surface area contributed by atoms with Gasteiger partial charge in [-0.25, -0.2) is 0 Å². The number of rotatable bonds is 5. The molecule has 0 aromatic carbocycles. The van der Waals surface area contributed by atoms with Crippen molar-refractivity contribution < 1.29 is 24.9 Å². The third-order valence-electron chi connectivity index (χ3n) is 1.27. The predicted molar refractivity (Wildman–Crippen MR) is 56.7 cm³/mol. The quantitative estimate of drug-likeness (QED) is 0.167. The number of carbonyl (C=O) groups excluding carboxylic acids is 1. The van der Waals surface area contributed by atoms with Crippen LogP contribution in [-0.2, 0) is 4.79 Å². The normalized spacial score (nSPS) is 9.94. The van der Waals surface area contributed by atoms with Crippen molar-refractivity contribution in [2.24, 2.45) is 22.2 Å². The fourth-order valence-electron chi connectivity index (χ4n) is 0.637.